The van der Waals surface area contributed by atoms with Crippen molar-refractivity contribution in [1.82, 2.24) is 10.6 Å². The van der Waals surface area contributed by atoms with Gasteiger partial charge in [-0.1, -0.05) is 0 Å². The molecule has 1 radical (unpaired) electrons. The summed E-state index contributed by atoms with van der Waals surface area (Å²) in [5, 5.41) is 7.16. The summed E-state index contributed by atoms with van der Waals surface area (Å²) in [5.74, 6) is 2.70. The van der Waals surface area contributed by atoms with E-state index in [2.05, 4.69) is 38.3 Å². The quantitative estimate of drug-likeness (QED) is 0.369. The molecule has 2 aromatic carbocycles. The van der Waals surface area contributed by atoms with Gasteiger partial charge in [0.05, 0.1) is 0 Å². The maximum absolute atomic E-state index is 6.42. The molecular formula is C32H48GaIN4O4-. The number of hydrogen-bond donors (Lipinski definition) is 2. The second-order valence-corrected chi connectivity index (χ2v) is 14.0. The van der Waals surface area contributed by atoms with Crippen LogP contribution in [0.5, 0.6) is 23.0 Å². The Morgan fingerprint density at radius 2 is 1.12 bits per heavy atom. The van der Waals surface area contributed by atoms with Crippen LogP contribution in [0.4, 0.5) is 0 Å². The fourth-order valence-corrected chi connectivity index (χ4v) is 5.82. The minimum absolute atomic E-state index is 0. The van der Waals surface area contributed by atoms with E-state index in [1.54, 1.807) is 0 Å². The molecule has 3 rings (SSSR count). The maximum Gasteiger partial charge on any atom is -1.00 e. The molecular weight excluding hydrogens is 701 g/mol. The van der Waals surface area contributed by atoms with Gasteiger partial charge in [-0.05, 0) is 0 Å². The van der Waals surface area contributed by atoms with E-state index < -0.39 is 18.1 Å². The van der Waals surface area contributed by atoms with Crippen LogP contribution in [0, 0.1) is 10.8 Å². The molecule has 0 saturated carbocycles. The first kappa shape index (κ1) is 36.5. The number of ether oxygens (including phenoxy) is 2. The van der Waals surface area contributed by atoms with Gasteiger partial charge in [-0.2, -0.15) is 0 Å². The number of para-hydroxylation sites is 2. The van der Waals surface area contributed by atoms with Crippen LogP contribution in [0.3, 0.4) is 0 Å². The number of fused-ring (bicyclic) bond motifs is 2. The molecule has 1 heterocycles. The smallest absolute Gasteiger partial charge is 1.00 e. The van der Waals surface area contributed by atoms with Crippen molar-refractivity contribution in [3.63, 3.8) is 0 Å². The zero-order valence-electron chi connectivity index (χ0n) is 26.5. The van der Waals surface area contributed by atoms with E-state index >= 15 is 0 Å². The van der Waals surface area contributed by atoms with Crippen LogP contribution >= 0.6 is 0 Å². The van der Waals surface area contributed by atoms with Gasteiger partial charge in [-0.25, -0.2) is 0 Å². The molecule has 231 valence electrons. The van der Waals surface area contributed by atoms with Crippen molar-refractivity contribution in [1.29, 1.82) is 0 Å². The minimum Gasteiger partial charge on any atom is -1.00 e. The molecule has 0 spiro atoms. The molecule has 0 atom stereocenters. The van der Waals surface area contributed by atoms with Crippen molar-refractivity contribution in [2.75, 3.05) is 39.3 Å². The summed E-state index contributed by atoms with van der Waals surface area (Å²) in [5.41, 5.74) is 1.76. The summed E-state index contributed by atoms with van der Waals surface area (Å²) in [6.45, 7) is 21.9. The predicted molar refractivity (Wildman–Crippen MR) is 170 cm³/mol. The zero-order valence-corrected chi connectivity index (χ0v) is 31.1. The Labute approximate surface area is 278 Å². The Kier molecular flexibility index (Phi) is 15.2. The minimum atomic E-state index is -1.74. The second kappa shape index (κ2) is 17.5. The molecule has 0 aromatic heterocycles. The van der Waals surface area contributed by atoms with Gasteiger partial charge >= 0.3 is 256 Å². The third kappa shape index (κ3) is 12.5. The molecule has 0 unspecified atom stereocenters. The monoisotopic (exact) mass is 748 g/mol. The van der Waals surface area contributed by atoms with Crippen molar-refractivity contribution in [2.45, 2.75) is 67.6 Å². The third-order valence-corrected chi connectivity index (χ3v) is 7.65. The van der Waals surface area contributed by atoms with Crippen LogP contribution in [0.1, 0.15) is 66.5 Å². The average Bonchev–Trinajstić information content (AvgIpc) is 2.87. The summed E-state index contributed by atoms with van der Waals surface area (Å²) in [7, 11) is 0. The molecule has 10 heteroatoms. The Morgan fingerprint density at radius 1 is 0.714 bits per heavy atom. The summed E-state index contributed by atoms with van der Waals surface area (Å²) in [6, 6.07) is 11.8. The first-order chi connectivity index (χ1) is 19.5. The molecule has 0 bridgehead atoms. The third-order valence-electron chi connectivity index (χ3n) is 6.26. The van der Waals surface area contributed by atoms with E-state index in [-0.39, 0.29) is 47.0 Å². The Hall–Kier alpha value is -1.73. The predicted octanol–water partition coefficient (Wildman–Crippen LogP) is 2.34. The number of halogens is 1. The van der Waals surface area contributed by atoms with Gasteiger partial charge in [0.2, 0.25) is 0 Å². The molecule has 0 fully saturated rings. The van der Waals surface area contributed by atoms with E-state index in [9.17, 15) is 0 Å². The van der Waals surface area contributed by atoms with Gasteiger partial charge in [0.1, 0.15) is 0 Å². The normalized spacial score (nSPS) is 17.8. The topological polar surface area (TPSA) is 85.7 Å². The van der Waals surface area contributed by atoms with Gasteiger partial charge in [0.25, 0.3) is 0 Å². The van der Waals surface area contributed by atoms with Crippen LogP contribution in [0.2, 0.25) is 0 Å². The van der Waals surface area contributed by atoms with Gasteiger partial charge in [0, 0.05) is 0 Å². The van der Waals surface area contributed by atoms with Gasteiger partial charge in [-0.15, -0.1) is 0 Å². The first-order valence-corrected chi connectivity index (χ1v) is 16.6. The Balaban J connectivity index is 0.00000616. The standard InChI is InChI=1S/C32H50N4O4.Ga.HI/c1-23(2)39-27-13-9-11-25(29(27)37)17-35-21-31(5,6)19-33-15-16-34-20-32(7,8)22-36-18-26-12-10-14-28(30(26)38)40-24(3)4;;/h9-14,17-18,23-24,33-34,37-38H,15-16,19-22H2,1-8H3;;1H/q;+2;/p-3. The van der Waals surface area contributed by atoms with Crippen LogP contribution in [0.25, 0.3) is 0 Å². The molecule has 42 heavy (non-hydrogen) atoms. The molecule has 0 aliphatic carbocycles. The SMILES string of the molecule is CC(C)Oc1cccc2c1[O][Ga][O]c1c(cccc1OC(C)C)C=NCC(C)(C)CNCCNCC(C)(C)CN=C2.[I-]. The van der Waals surface area contributed by atoms with Gasteiger partial charge in [0.15, 0.2) is 0 Å². The second-order valence-electron chi connectivity index (χ2n) is 12.6. The van der Waals surface area contributed by atoms with Gasteiger partial charge in [-0.3, -0.25) is 0 Å². The van der Waals surface area contributed by atoms with Crippen LogP contribution in [-0.4, -0.2) is 82.0 Å². The first-order valence-electron chi connectivity index (χ1n) is 14.6. The van der Waals surface area contributed by atoms with Crippen LogP contribution in [0.15, 0.2) is 46.4 Å². The number of aliphatic imine (C=N–C) groups is 2. The zero-order chi connectivity index (χ0) is 29.9. The fourth-order valence-electron chi connectivity index (χ4n) is 4.26. The molecule has 0 saturated heterocycles. The molecule has 8 nitrogen and oxygen atoms in total. The Bertz CT molecular complexity index is 1080. The van der Waals surface area contributed by atoms with E-state index in [4.69, 9.17) is 26.5 Å². The summed E-state index contributed by atoms with van der Waals surface area (Å²) in [4.78, 5) is 9.63. The number of benzene rings is 2. The fraction of sp³-hybridized carbons (Fsp3) is 0.562. The average molecular weight is 749 g/mol. The summed E-state index contributed by atoms with van der Waals surface area (Å²) >= 11 is -1.74. The van der Waals surface area contributed by atoms with Crippen molar-refractivity contribution in [3.8, 4) is 23.0 Å². The van der Waals surface area contributed by atoms with Crippen molar-refractivity contribution in [2.24, 2.45) is 20.8 Å². The largest absolute Gasteiger partial charge is 1.00 e. The number of nitrogens with zero attached hydrogens (tertiary/aromatic N) is 2. The van der Waals surface area contributed by atoms with E-state index in [0.29, 0.717) is 36.1 Å². The molecule has 2 aromatic rings. The van der Waals surface area contributed by atoms with Crippen molar-refractivity contribution < 1.29 is 40.5 Å². The molecule has 0 amide bonds. The van der Waals surface area contributed by atoms with Gasteiger partial charge < -0.3 is 24.0 Å². The summed E-state index contributed by atoms with van der Waals surface area (Å²) < 4.78 is 25.1. The number of rotatable bonds is 4. The van der Waals surface area contributed by atoms with Crippen LogP contribution < -0.4 is 51.1 Å². The molecule has 1 aliphatic heterocycles. The van der Waals surface area contributed by atoms with Crippen LogP contribution in [-0.2, 0) is 0 Å². The number of hydrogen-bond acceptors (Lipinski definition) is 8. The Morgan fingerprint density at radius 3 is 1.50 bits per heavy atom. The number of nitrogens with one attached hydrogen (secondary N) is 2. The van der Waals surface area contributed by atoms with E-state index in [1.165, 1.54) is 0 Å². The van der Waals surface area contributed by atoms with Crippen molar-refractivity contribution in [3.05, 3.63) is 47.5 Å². The summed E-state index contributed by atoms with van der Waals surface area (Å²) in [6.07, 6.45) is 3.79. The maximum atomic E-state index is 6.42. The van der Waals surface area contributed by atoms with E-state index in [0.717, 1.165) is 37.3 Å². The van der Waals surface area contributed by atoms with E-state index in [1.807, 2.05) is 76.5 Å². The molecule has 1 aliphatic rings. The molecule has 2 N–H and O–H groups in total. The van der Waals surface area contributed by atoms with Crippen molar-refractivity contribution >= 4 is 30.6 Å².